The molecule has 17 heavy (non-hydrogen) atoms. The number of phenols is 1. The molecule has 0 saturated heterocycles. The largest absolute Gasteiger partial charge is 0.508 e. The fourth-order valence-corrected chi connectivity index (χ4v) is 1.40. The van der Waals surface area contributed by atoms with E-state index in [1.165, 1.54) is 19.2 Å². The first kappa shape index (κ1) is 12.8. The van der Waals surface area contributed by atoms with Gasteiger partial charge in [-0.1, -0.05) is 12.1 Å². The van der Waals surface area contributed by atoms with Crippen molar-refractivity contribution in [2.24, 2.45) is 0 Å². The molecule has 6 nitrogen and oxygen atoms in total. The van der Waals surface area contributed by atoms with Crippen molar-refractivity contribution >= 4 is 12.0 Å². The molecule has 1 atom stereocenters. The van der Waals surface area contributed by atoms with Crippen molar-refractivity contribution in [3.8, 4) is 5.75 Å². The Kier molecular flexibility index (Phi) is 4.33. The molecule has 1 aromatic rings. The summed E-state index contributed by atoms with van der Waals surface area (Å²) in [5.74, 6) is -0.281. The lowest BCUT2D eigenvalue weighted by Crippen LogP contribution is -2.46. The lowest BCUT2D eigenvalue weighted by Gasteiger charge is -2.15. The molecule has 92 valence electrons. The van der Waals surface area contributed by atoms with E-state index in [1.54, 1.807) is 12.1 Å². The van der Waals surface area contributed by atoms with Crippen LogP contribution in [-0.2, 0) is 11.2 Å². The average molecular weight is 238 g/mol. The lowest BCUT2D eigenvalue weighted by molar-refractivity contribution is -0.122. The summed E-state index contributed by atoms with van der Waals surface area (Å²) in [7, 11) is 1.44. The fourth-order valence-electron chi connectivity index (χ4n) is 1.40. The standard InChI is InChI=1S/C11H14N2O4/c1-12-10(15)9(13-11(16)17)6-7-2-4-8(14)5-3-7/h2-5,9,13-14H,6H2,1H3,(H,12,15)(H,16,17)/t9-/m0/s1. The van der Waals surface area contributed by atoms with Crippen molar-refractivity contribution in [3.05, 3.63) is 29.8 Å². The number of hydrogen-bond donors (Lipinski definition) is 4. The number of carbonyl (C=O) groups excluding carboxylic acids is 1. The van der Waals surface area contributed by atoms with Gasteiger partial charge in [0.2, 0.25) is 5.91 Å². The molecule has 4 N–H and O–H groups in total. The minimum absolute atomic E-state index is 0.122. The summed E-state index contributed by atoms with van der Waals surface area (Å²) < 4.78 is 0. The number of benzene rings is 1. The molecule has 0 heterocycles. The number of amides is 2. The summed E-state index contributed by atoms with van der Waals surface area (Å²) in [5, 5.41) is 22.2. The maximum absolute atomic E-state index is 11.4. The summed E-state index contributed by atoms with van der Waals surface area (Å²) in [6.45, 7) is 0. The lowest BCUT2D eigenvalue weighted by atomic mass is 10.1. The first-order chi connectivity index (χ1) is 8.02. The molecule has 2 amide bonds. The number of rotatable bonds is 4. The van der Waals surface area contributed by atoms with E-state index in [2.05, 4.69) is 10.6 Å². The van der Waals surface area contributed by atoms with Crippen LogP contribution in [0.3, 0.4) is 0 Å². The highest BCUT2D eigenvalue weighted by molar-refractivity contribution is 5.85. The van der Waals surface area contributed by atoms with E-state index in [9.17, 15) is 9.59 Å². The van der Waals surface area contributed by atoms with Gasteiger partial charge in [-0.05, 0) is 17.7 Å². The van der Waals surface area contributed by atoms with Gasteiger partial charge in [-0.3, -0.25) is 4.79 Å². The summed E-state index contributed by atoms with van der Waals surface area (Å²) in [5.41, 5.74) is 0.755. The summed E-state index contributed by atoms with van der Waals surface area (Å²) in [6.07, 6.45) is -1.02. The molecule has 0 fully saturated rings. The van der Waals surface area contributed by atoms with Crippen LogP contribution < -0.4 is 10.6 Å². The van der Waals surface area contributed by atoms with Crippen LogP contribution in [0.4, 0.5) is 4.79 Å². The predicted molar refractivity (Wildman–Crippen MR) is 60.8 cm³/mol. The Morgan fingerprint density at radius 1 is 1.29 bits per heavy atom. The molecule has 6 heteroatoms. The quantitative estimate of drug-likeness (QED) is 0.607. The zero-order chi connectivity index (χ0) is 12.8. The third-order valence-electron chi connectivity index (χ3n) is 2.24. The topological polar surface area (TPSA) is 98.7 Å². The van der Waals surface area contributed by atoms with Crippen LogP contribution in [0.25, 0.3) is 0 Å². The van der Waals surface area contributed by atoms with Crippen LogP contribution in [0.5, 0.6) is 5.75 Å². The molecule has 0 spiro atoms. The van der Waals surface area contributed by atoms with Crippen molar-refractivity contribution in [3.63, 3.8) is 0 Å². The first-order valence-electron chi connectivity index (χ1n) is 5.02. The molecular weight excluding hydrogens is 224 g/mol. The van der Waals surface area contributed by atoms with E-state index < -0.39 is 18.0 Å². The van der Waals surface area contributed by atoms with E-state index in [1.807, 2.05) is 0 Å². The van der Waals surface area contributed by atoms with Gasteiger partial charge in [0.1, 0.15) is 11.8 Å². The third-order valence-corrected chi connectivity index (χ3v) is 2.24. The van der Waals surface area contributed by atoms with Crippen LogP contribution in [0, 0.1) is 0 Å². The molecule has 0 unspecified atom stereocenters. The first-order valence-corrected chi connectivity index (χ1v) is 5.02. The number of carbonyl (C=O) groups is 2. The van der Waals surface area contributed by atoms with Gasteiger partial charge in [0.25, 0.3) is 0 Å². The molecule has 0 radical (unpaired) electrons. The minimum atomic E-state index is -1.25. The summed E-state index contributed by atoms with van der Waals surface area (Å²) in [6, 6.07) is 5.39. The number of nitrogens with one attached hydrogen (secondary N) is 2. The van der Waals surface area contributed by atoms with Crippen molar-refractivity contribution < 1.29 is 19.8 Å². The molecule has 0 aromatic heterocycles. The highest BCUT2D eigenvalue weighted by atomic mass is 16.4. The Bertz CT molecular complexity index is 402. The van der Waals surface area contributed by atoms with Gasteiger partial charge in [-0.2, -0.15) is 0 Å². The number of phenolic OH excluding ortho intramolecular Hbond substituents is 1. The van der Waals surface area contributed by atoms with Gasteiger partial charge < -0.3 is 20.8 Å². The zero-order valence-electron chi connectivity index (χ0n) is 9.30. The second kappa shape index (κ2) is 5.74. The number of aromatic hydroxyl groups is 1. The van der Waals surface area contributed by atoms with Crippen molar-refractivity contribution in [2.45, 2.75) is 12.5 Å². The monoisotopic (exact) mass is 238 g/mol. The van der Waals surface area contributed by atoms with Crippen LogP contribution in [0.1, 0.15) is 5.56 Å². The normalized spacial score (nSPS) is 11.6. The van der Waals surface area contributed by atoms with E-state index in [0.717, 1.165) is 5.56 Å². The molecule has 0 aliphatic rings. The molecule has 0 saturated carbocycles. The van der Waals surface area contributed by atoms with Crippen LogP contribution in [0.15, 0.2) is 24.3 Å². The Hall–Kier alpha value is -2.24. The molecule has 1 rings (SSSR count). The number of likely N-dealkylation sites (N-methyl/N-ethyl adjacent to an activating group) is 1. The van der Waals surface area contributed by atoms with Gasteiger partial charge in [0.05, 0.1) is 0 Å². The molecule has 0 aliphatic carbocycles. The van der Waals surface area contributed by atoms with Gasteiger partial charge >= 0.3 is 6.09 Å². The maximum Gasteiger partial charge on any atom is 0.405 e. The summed E-state index contributed by atoms with van der Waals surface area (Å²) in [4.78, 5) is 22.0. The Morgan fingerprint density at radius 3 is 2.35 bits per heavy atom. The molecule has 0 aliphatic heterocycles. The highest BCUT2D eigenvalue weighted by Gasteiger charge is 2.19. The van der Waals surface area contributed by atoms with E-state index in [0.29, 0.717) is 0 Å². The second-order valence-electron chi connectivity index (χ2n) is 3.49. The Balaban J connectivity index is 2.75. The van der Waals surface area contributed by atoms with Crippen molar-refractivity contribution in [1.82, 2.24) is 10.6 Å². The third kappa shape index (κ3) is 4.02. The smallest absolute Gasteiger partial charge is 0.405 e. The second-order valence-corrected chi connectivity index (χ2v) is 3.49. The number of hydrogen-bond acceptors (Lipinski definition) is 3. The summed E-state index contributed by atoms with van der Waals surface area (Å²) >= 11 is 0. The van der Waals surface area contributed by atoms with E-state index in [-0.39, 0.29) is 12.2 Å². The van der Waals surface area contributed by atoms with Gasteiger partial charge in [0, 0.05) is 13.5 Å². The minimum Gasteiger partial charge on any atom is -0.508 e. The van der Waals surface area contributed by atoms with Crippen LogP contribution in [0.2, 0.25) is 0 Å². The van der Waals surface area contributed by atoms with Gasteiger partial charge in [-0.25, -0.2) is 4.79 Å². The van der Waals surface area contributed by atoms with Crippen molar-refractivity contribution in [1.29, 1.82) is 0 Å². The van der Waals surface area contributed by atoms with E-state index in [4.69, 9.17) is 10.2 Å². The highest BCUT2D eigenvalue weighted by Crippen LogP contribution is 2.11. The molecular formula is C11H14N2O4. The average Bonchev–Trinajstić information content (AvgIpc) is 2.29. The van der Waals surface area contributed by atoms with E-state index >= 15 is 0 Å². The van der Waals surface area contributed by atoms with Gasteiger partial charge in [-0.15, -0.1) is 0 Å². The fraction of sp³-hybridized carbons (Fsp3) is 0.273. The van der Waals surface area contributed by atoms with Gasteiger partial charge in [0.15, 0.2) is 0 Å². The van der Waals surface area contributed by atoms with Crippen LogP contribution >= 0.6 is 0 Å². The Morgan fingerprint density at radius 2 is 1.88 bits per heavy atom. The van der Waals surface area contributed by atoms with Crippen molar-refractivity contribution in [2.75, 3.05) is 7.05 Å². The maximum atomic E-state index is 11.4. The molecule has 0 bridgehead atoms. The predicted octanol–water partition coefficient (Wildman–Crippen LogP) is 0.317. The van der Waals surface area contributed by atoms with Crippen LogP contribution in [-0.4, -0.2) is 35.3 Å². The molecule has 1 aromatic carbocycles. The number of carboxylic acid groups (broad SMARTS) is 1. The Labute approximate surface area is 98.3 Å². The SMILES string of the molecule is CNC(=O)[C@H](Cc1ccc(O)cc1)NC(=O)O. The zero-order valence-corrected chi connectivity index (χ0v) is 9.30.